The number of benzene rings is 1. The van der Waals surface area contributed by atoms with Crippen molar-refractivity contribution in [1.82, 2.24) is 4.90 Å². The third kappa shape index (κ3) is 3.85. The van der Waals surface area contributed by atoms with Crippen LogP contribution in [0.3, 0.4) is 0 Å². The maximum Gasteiger partial charge on any atom is 0.223 e. The van der Waals surface area contributed by atoms with Crippen LogP contribution in [-0.2, 0) is 4.79 Å². The molecule has 3 nitrogen and oxygen atoms in total. The van der Waals surface area contributed by atoms with Crippen LogP contribution < -0.4 is 0 Å². The highest BCUT2D eigenvalue weighted by Gasteiger charge is 2.37. The molecule has 1 aliphatic heterocycles. The molecule has 1 heterocycles. The van der Waals surface area contributed by atoms with Gasteiger partial charge in [-0.25, -0.2) is 0 Å². The molecule has 0 spiro atoms. The number of aliphatic hydroxyl groups excluding tert-OH is 1. The maximum absolute atomic E-state index is 12.1. The molecule has 1 aromatic rings. The molecule has 2 rings (SSSR count). The minimum atomic E-state index is -0.605. The standard InChI is InChI=1S/C18H27NO2/c1-12-6-13(2)8-14(7-12)16(20)11-19-10-15(9-17(19)21)18(3,4)5/h6-8,15-16,20H,9-11H2,1-5H3. The summed E-state index contributed by atoms with van der Waals surface area (Å²) in [5, 5.41) is 10.4. The first-order valence-corrected chi connectivity index (χ1v) is 7.71. The number of aryl methyl sites for hydroxylation is 2. The lowest BCUT2D eigenvalue weighted by atomic mass is 9.80. The lowest BCUT2D eigenvalue weighted by Crippen LogP contribution is -2.31. The number of carbonyl (C=O) groups excluding carboxylic acids is 1. The van der Waals surface area contributed by atoms with Crippen molar-refractivity contribution in [2.45, 2.75) is 47.1 Å². The Labute approximate surface area is 128 Å². The Bertz CT molecular complexity index is 510. The van der Waals surface area contributed by atoms with Crippen LogP contribution in [0.15, 0.2) is 18.2 Å². The smallest absolute Gasteiger partial charge is 0.223 e. The van der Waals surface area contributed by atoms with Gasteiger partial charge >= 0.3 is 0 Å². The molecule has 2 atom stereocenters. The van der Waals surface area contributed by atoms with Gasteiger partial charge < -0.3 is 10.0 Å². The number of carbonyl (C=O) groups is 1. The molecule has 1 N–H and O–H groups in total. The van der Waals surface area contributed by atoms with E-state index in [0.717, 1.165) is 23.2 Å². The molecule has 0 aromatic heterocycles. The first kappa shape index (κ1) is 16.0. The topological polar surface area (TPSA) is 40.5 Å². The Morgan fingerprint density at radius 1 is 1.24 bits per heavy atom. The largest absolute Gasteiger partial charge is 0.387 e. The Kier molecular flexibility index (Phi) is 4.43. The number of aliphatic hydroxyl groups is 1. The zero-order valence-electron chi connectivity index (χ0n) is 13.8. The molecule has 1 saturated heterocycles. The number of hydrogen-bond acceptors (Lipinski definition) is 2. The molecule has 1 aliphatic rings. The molecular weight excluding hydrogens is 262 g/mol. The Morgan fingerprint density at radius 2 is 1.81 bits per heavy atom. The summed E-state index contributed by atoms with van der Waals surface area (Å²) >= 11 is 0. The average Bonchev–Trinajstić information content (AvgIpc) is 2.69. The quantitative estimate of drug-likeness (QED) is 0.928. The van der Waals surface area contributed by atoms with E-state index in [4.69, 9.17) is 0 Å². The molecule has 2 unspecified atom stereocenters. The lowest BCUT2D eigenvalue weighted by molar-refractivity contribution is -0.129. The zero-order chi connectivity index (χ0) is 15.8. The van der Waals surface area contributed by atoms with E-state index in [2.05, 4.69) is 26.8 Å². The molecule has 0 saturated carbocycles. The van der Waals surface area contributed by atoms with Gasteiger partial charge in [0, 0.05) is 13.0 Å². The third-order valence-electron chi connectivity index (χ3n) is 4.46. The van der Waals surface area contributed by atoms with Crippen molar-refractivity contribution in [2.24, 2.45) is 11.3 Å². The van der Waals surface area contributed by atoms with Crippen LogP contribution in [0, 0.1) is 25.2 Å². The molecular formula is C18H27NO2. The minimum absolute atomic E-state index is 0.134. The van der Waals surface area contributed by atoms with Gasteiger partial charge in [0.25, 0.3) is 0 Å². The molecule has 116 valence electrons. The van der Waals surface area contributed by atoms with Crippen LogP contribution in [0.25, 0.3) is 0 Å². The van der Waals surface area contributed by atoms with Crippen LogP contribution in [0.5, 0.6) is 0 Å². The van der Waals surface area contributed by atoms with Gasteiger partial charge in [-0.1, -0.05) is 50.1 Å². The predicted octanol–water partition coefficient (Wildman–Crippen LogP) is 3.23. The maximum atomic E-state index is 12.1. The van der Waals surface area contributed by atoms with E-state index < -0.39 is 6.10 Å². The van der Waals surface area contributed by atoms with Crippen molar-refractivity contribution in [3.05, 3.63) is 34.9 Å². The lowest BCUT2D eigenvalue weighted by Gasteiger charge is -2.27. The average molecular weight is 289 g/mol. The summed E-state index contributed by atoms with van der Waals surface area (Å²) in [7, 11) is 0. The summed E-state index contributed by atoms with van der Waals surface area (Å²) < 4.78 is 0. The zero-order valence-corrected chi connectivity index (χ0v) is 13.8. The molecule has 1 fully saturated rings. The predicted molar refractivity (Wildman–Crippen MR) is 85.0 cm³/mol. The van der Waals surface area contributed by atoms with Crippen LogP contribution >= 0.6 is 0 Å². The number of β-amino-alcohol motifs (C(OH)–C–C–N with tert-alkyl or cyclic N) is 1. The van der Waals surface area contributed by atoms with Gasteiger partial charge in [-0.05, 0) is 30.7 Å². The van der Waals surface area contributed by atoms with Gasteiger partial charge in [0.15, 0.2) is 0 Å². The molecule has 0 bridgehead atoms. The van der Waals surface area contributed by atoms with Crippen LogP contribution in [0.1, 0.15) is 50.0 Å². The highest BCUT2D eigenvalue weighted by molar-refractivity contribution is 5.78. The van der Waals surface area contributed by atoms with Crippen molar-refractivity contribution < 1.29 is 9.90 Å². The molecule has 0 aliphatic carbocycles. The normalized spacial score (nSPS) is 21.0. The summed E-state index contributed by atoms with van der Waals surface area (Å²) in [5.74, 6) is 0.537. The van der Waals surface area contributed by atoms with Crippen LogP contribution in [0.4, 0.5) is 0 Å². The van der Waals surface area contributed by atoms with Crippen molar-refractivity contribution in [3.8, 4) is 0 Å². The fourth-order valence-corrected chi connectivity index (χ4v) is 3.05. The second-order valence-electron chi connectivity index (χ2n) is 7.50. The van der Waals surface area contributed by atoms with E-state index in [1.165, 1.54) is 0 Å². The number of hydrogen-bond donors (Lipinski definition) is 1. The van der Waals surface area contributed by atoms with Crippen LogP contribution in [-0.4, -0.2) is 29.0 Å². The molecule has 3 heteroatoms. The van der Waals surface area contributed by atoms with Gasteiger partial charge in [0.05, 0.1) is 12.6 Å². The second-order valence-corrected chi connectivity index (χ2v) is 7.50. The number of nitrogens with zero attached hydrogens (tertiary/aromatic N) is 1. The Morgan fingerprint density at radius 3 is 2.29 bits per heavy atom. The highest BCUT2D eigenvalue weighted by Crippen LogP contribution is 2.35. The first-order valence-electron chi connectivity index (χ1n) is 7.71. The van der Waals surface area contributed by atoms with E-state index >= 15 is 0 Å². The number of rotatable bonds is 3. The van der Waals surface area contributed by atoms with Crippen molar-refractivity contribution in [2.75, 3.05) is 13.1 Å². The highest BCUT2D eigenvalue weighted by atomic mass is 16.3. The summed E-state index contributed by atoms with van der Waals surface area (Å²) in [6.45, 7) is 11.7. The van der Waals surface area contributed by atoms with Crippen molar-refractivity contribution >= 4 is 5.91 Å². The van der Waals surface area contributed by atoms with Crippen LogP contribution in [0.2, 0.25) is 0 Å². The van der Waals surface area contributed by atoms with Gasteiger partial charge in [-0.3, -0.25) is 4.79 Å². The number of amides is 1. The summed E-state index contributed by atoms with van der Waals surface area (Å²) in [6, 6.07) is 6.09. The van der Waals surface area contributed by atoms with Gasteiger partial charge in [0.1, 0.15) is 0 Å². The van der Waals surface area contributed by atoms with Gasteiger partial charge in [0.2, 0.25) is 5.91 Å². The minimum Gasteiger partial charge on any atom is -0.387 e. The van der Waals surface area contributed by atoms with E-state index in [1.54, 1.807) is 0 Å². The van der Waals surface area contributed by atoms with Gasteiger partial charge in [-0.15, -0.1) is 0 Å². The third-order valence-corrected chi connectivity index (χ3v) is 4.46. The molecule has 21 heavy (non-hydrogen) atoms. The molecule has 1 aromatic carbocycles. The number of likely N-dealkylation sites (tertiary alicyclic amines) is 1. The molecule has 1 amide bonds. The summed E-state index contributed by atoms with van der Waals surface area (Å²) in [6.07, 6.45) is -0.00504. The van der Waals surface area contributed by atoms with Gasteiger partial charge in [-0.2, -0.15) is 0 Å². The van der Waals surface area contributed by atoms with E-state index in [0.29, 0.717) is 18.9 Å². The monoisotopic (exact) mass is 289 g/mol. The van der Waals surface area contributed by atoms with E-state index in [-0.39, 0.29) is 11.3 Å². The second kappa shape index (κ2) is 5.80. The van der Waals surface area contributed by atoms with Crippen molar-refractivity contribution in [3.63, 3.8) is 0 Å². The summed E-state index contributed by atoms with van der Waals surface area (Å²) in [4.78, 5) is 14.0. The fraction of sp³-hybridized carbons (Fsp3) is 0.611. The first-order chi connectivity index (χ1) is 9.66. The SMILES string of the molecule is Cc1cc(C)cc(C(O)CN2CC(C(C)(C)C)CC2=O)c1. The molecule has 0 radical (unpaired) electrons. The van der Waals surface area contributed by atoms with E-state index in [9.17, 15) is 9.90 Å². The Hall–Kier alpha value is -1.35. The fourth-order valence-electron chi connectivity index (χ4n) is 3.05. The summed E-state index contributed by atoms with van der Waals surface area (Å²) in [5.41, 5.74) is 3.32. The van der Waals surface area contributed by atoms with Crippen molar-refractivity contribution in [1.29, 1.82) is 0 Å². The Balaban J connectivity index is 2.06. The van der Waals surface area contributed by atoms with E-state index in [1.807, 2.05) is 30.9 Å².